The average molecular weight is 1080 g/mol. The fourth-order valence-corrected chi connectivity index (χ4v) is 8.88. The van der Waals surface area contributed by atoms with Crippen LogP contribution in [0.25, 0.3) is 0 Å². The van der Waals surface area contributed by atoms with Crippen molar-refractivity contribution in [1.29, 1.82) is 0 Å². The molecule has 0 aromatic carbocycles. The van der Waals surface area contributed by atoms with Crippen LogP contribution >= 0.6 is 0 Å². The molecule has 4 fully saturated rings. The Morgan fingerprint density at radius 1 is 0.392 bits per heavy atom. The van der Waals surface area contributed by atoms with E-state index in [-0.39, 0.29) is 12.6 Å². The second kappa shape index (κ2) is 28.1. The van der Waals surface area contributed by atoms with E-state index in [0.29, 0.717) is 26.2 Å². The van der Waals surface area contributed by atoms with Gasteiger partial charge in [0.25, 0.3) is 0 Å². The monoisotopic (exact) mass is 1080 g/mol. The minimum atomic E-state index is -2.68. The fraction of sp³-hybridized carbons (Fsp3) is 0.860. The highest BCUT2D eigenvalue weighted by atomic mass is 16.7. The molecular weight excluding hydrogens is 1010 g/mol. The molecule has 6 bridgehead atoms. The number of aliphatic hydroxyl groups is 20. The van der Waals surface area contributed by atoms with Crippen LogP contribution < -0.4 is 0 Å². The summed E-state index contributed by atoms with van der Waals surface area (Å²) in [5.41, 5.74) is 0. The summed E-state index contributed by atoms with van der Waals surface area (Å²) in [4.78, 5) is 4.02. The van der Waals surface area contributed by atoms with E-state index in [1.165, 1.54) is 0 Å². The molecule has 430 valence electrons. The van der Waals surface area contributed by atoms with Crippen LogP contribution in [0.15, 0.2) is 34.6 Å². The lowest BCUT2D eigenvalue weighted by molar-refractivity contribution is -0.333. The third-order valence-corrected chi connectivity index (χ3v) is 13.2. The van der Waals surface area contributed by atoms with Gasteiger partial charge in [-0.05, 0) is 13.8 Å². The van der Waals surface area contributed by atoms with Crippen LogP contribution in [0, 0.1) is 0 Å². The SMILES string of the molecule is CC(C)N1CCN(CC2OC3OC(CCO)/C(O)=C(/O)C(O)OC4C(CO)OC(OC(CCO)/C(O)=C(/O)C(O)OC5C(CO)OC(OC(CCO)/C(O)=C(/O)C(O)OC2C(O)C3O)C(O)C5O)C(O)C4O)CC1. The van der Waals surface area contributed by atoms with Gasteiger partial charge in [0, 0.05) is 77.8 Å². The molecule has 8 aliphatic heterocycles. The van der Waals surface area contributed by atoms with E-state index in [1.54, 1.807) is 0 Å². The first-order chi connectivity index (χ1) is 35.0. The number of hydrogen-bond donors (Lipinski definition) is 20. The molecule has 31 nitrogen and oxygen atoms in total. The third kappa shape index (κ3) is 14.6. The van der Waals surface area contributed by atoms with Gasteiger partial charge in [0.2, 0.25) is 18.9 Å². The summed E-state index contributed by atoms with van der Waals surface area (Å²) < 4.78 is 50.2. The van der Waals surface area contributed by atoms with E-state index in [2.05, 4.69) is 4.90 Å². The Morgan fingerprint density at radius 2 is 0.689 bits per heavy atom. The first-order valence-electron chi connectivity index (χ1n) is 23.9. The number of ether oxygens (including phenoxy) is 9. The summed E-state index contributed by atoms with van der Waals surface area (Å²) in [7, 11) is 0. The van der Waals surface area contributed by atoms with Crippen molar-refractivity contribution in [1.82, 2.24) is 9.80 Å². The molecule has 0 aromatic heterocycles. The Morgan fingerprint density at radius 3 is 0.973 bits per heavy atom. The number of nitrogens with zero attached hydrogens (tertiary/aromatic N) is 2. The average Bonchev–Trinajstić information content (AvgIpc) is 3.38. The van der Waals surface area contributed by atoms with Crippen molar-refractivity contribution in [2.24, 2.45) is 0 Å². The van der Waals surface area contributed by atoms with Gasteiger partial charge in [-0.15, -0.1) is 0 Å². The summed E-state index contributed by atoms with van der Waals surface area (Å²) >= 11 is 0. The van der Waals surface area contributed by atoms with Gasteiger partial charge in [0.1, 0.15) is 91.6 Å². The lowest BCUT2D eigenvalue weighted by Gasteiger charge is -2.46. The van der Waals surface area contributed by atoms with Crippen molar-refractivity contribution in [2.45, 2.75) is 168 Å². The first kappa shape index (κ1) is 61.9. The smallest absolute Gasteiger partial charge is 0.218 e. The second-order valence-corrected chi connectivity index (χ2v) is 18.4. The Kier molecular flexibility index (Phi) is 23.5. The van der Waals surface area contributed by atoms with Crippen LogP contribution in [0.3, 0.4) is 0 Å². The molecule has 8 rings (SSSR count). The van der Waals surface area contributed by atoms with Gasteiger partial charge in [-0.2, -0.15) is 0 Å². The molecule has 20 N–H and O–H groups in total. The molecule has 8 heterocycles. The van der Waals surface area contributed by atoms with E-state index < -0.39 is 216 Å². The Balaban J connectivity index is 1.56. The zero-order valence-electron chi connectivity index (χ0n) is 40.4. The predicted octanol–water partition coefficient (Wildman–Crippen LogP) is -7.25. The van der Waals surface area contributed by atoms with Crippen molar-refractivity contribution in [3.63, 3.8) is 0 Å². The maximum Gasteiger partial charge on any atom is 0.218 e. The summed E-state index contributed by atoms with van der Waals surface area (Å²) in [6, 6.07) is 0.180. The highest BCUT2D eigenvalue weighted by Crippen LogP contribution is 2.34. The van der Waals surface area contributed by atoms with Gasteiger partial charge < -0.3 is 145 Å². The van der Waals surface area contributed by atoms with Crippen molar-refractivity contribution < 1.29 is 145 Å². The van der Waals surface area contributed by atoms with Gasteiger partial charge >= 0.3 is 0 Å². The van der Waals surface area contributed by atoms with Crippen molar-refractivity contribution in [3.05, 3.63) is 34.6 Å². The second-order valence-electron chi connectivity index (χ2n) is 18.4. The first-order valence-corrected chi connectivity index (χ1v) is 23.9. The van der Waals surface area contributed by atoms with E-state index in [1.807, 2.05) is 18.7 Å². The van der Waals surface area contributed by atoms with Crippen LogP contribution in [0.1, 0.15) is 33.1 Å². The molecule has 0 saturated carbocycles. The lowest BCUT2D eigenvalue weighted by Crippen LogP contribution is -2.63. The fourth-order valence-electron chi connectivity index (χ4n) is 8.88. The van der Waals surface area contributed by atoms with Crippen molar-refractivity contribution >= 4 is 0 Å². The molecule has 0 radical (unpaired) electrons. The van der Waals surface area contributed by atoms with Gasteiger partial charge in [-0.1, -0.05) is 0 Å². The molecule has 0 aromatic rings. The number of fused-ring (bicyclic) bond motifs is 2. The Hall–Kier alpha value is -2.98. The molecule has 0 amide bonds. The Labute approximate surface area is 422 Å². The minimum Gasteiger partial charge on any atom is -0.506 e. The zero-order chi connectivity index (χ0) is 54.9. The van der Waals surface area contributed by atoms with Crippen LogP contribution in [-0.2, 0) is 42.6 Å². The highest BCUT2D eigenvalue weighted by Gasteiger charge is 2.52. The largest absolute Gasteiger partial charge is 0.506 e. The summed E-state index contributed by atoms with van der Waals surface area (Å²) in [5, 5.41) is 217. The molecule has 21 atom stereocenters. The number of rotatable bonds is 11. The van der Waals surface area contributed by atoms with Gasteiger partial charge in [-0.3, -0.25) is 9.80 Å². The highest BCUT2D eigenvalue weighted by molar-refractivity contribution is 5.11. The minimum absolute atomic E-state index is 0.147. The normalized spacial score (nSPS) is 44.8. The summed E-state index contributed by atoms with van der Waals surface area (Å²) in [6.07, 6.45) is -46.1. The molecule has 0 aliphatic carbocycles. The van der Waals surface area contributed by atoms with Gasteiger partial charge in [0.05, 0.1) is 13.2 Å². The van der Waals surface area contributed by atoms with Crippen molar-refractivity contribution in [2.75, 3.05) is 65.8 Å². The number of aliphatic hydroxyl groups excluding tert-OH is 20. The molecule has 8 aliphatic rings. The molecule has 21 unspecified atom stereocenters. The van der Waals surface area contributed by atoms with E-state index >= 15 is 0 Å². The maximum absolute atomic E-state index is 11.6. The maximum atomic E-state index is 11.6. The predicted molar refractivity (Wildman–Crippen MR) is 239 cm³/mol. The van der Waals surface area contributed by atoms with E-state index in [9.17, 15) is 102 Å². The van der Waals surface area contributed by atoms with Crippen LogP contribution in [0.4, 0.5) is 0 Å². The third-order valence-electron chi connectivity index (χ3n) is 13.2. The summed E-state index contributed by atoms with van der Waals surface area (Å²) in [6.45, 7) is 1.13. The topological polar surface area (TPSA) is 494 Å². The van der Waals surface area contributed by atoms with Crippen LogP contribution in [0.5, 0.6) is 0 Å². The van der Waals surface area contributed by atoms with Gasteiger partial charge in [-0.25, -0.2) is 0 Å². The molecular formula is C43H74N2O29. The zero-order valence-corrected chi connectivity index (χ0v) is 40.4. The van der Waals surface area contributed by atoms with Crippen LogP contribution in [-0.4, -0.2) is 313 Å². The van der Waals surface area contributed by atoms with E-state index in [0.717, 1.165) is 0 Å². The van der Waals surface area contributed by atoms with Crippen molar-refractivity contribution in [3.8, 4) is 0 Å². The molecule has 74 heavy (non-hydrogen) atoms. The van der Waals surface area contributed by atoms with E-state index in [4.69, 9.17) is 42.6 Å². The number of hydrogen-bond acceptors (Lipinski definition) is 31. The summed E-state index contributed by atoms with van der Waals surface area (Å²) in [5.74, 6) is -8.27. The number of piperazine rings is 1. The Bertz CT molecular complexity index is 1820. The molecule has 31 heteroatoms. The quantitative estimate of drug-likeness (QED) is 0.0914. The standard InChI is InChI=1S/C43H74N2O29/c1-16(2)45-8-6-44(7-9-45)13-20-35-26(54)32(60)41(69-20)66-17(3-10-46)23(51)30(58)39(64)73-36-21(14-49)71-43(34(62)28(36)56)68-19(5-12-48)25(53)31(59)40(65)74-37-22(15-50)70-42(33(61)27(37)55)67-18(4-11-47)24(52)29(57)38(63)72-35/h16-22,26-28,32-43,46-65H,3-15H2,1-2H3/b29-24-,30-23-,31-25-. The van der Waals surface area contributed by atoms with Crippen LogP contribution in [0.2, 0.25) is 0 Å². The molecule has 4 saturated heterocycles. The van der Waals surface area contributed by atoms with Gasteiger partial charge in [0.15, 0.2) is 53.4 Å². The lowest BCUT2D eigenvalue weighted by atomic mass is 9.97. The molecule has 0 spiro atoms.